The van der Waals surface area contributed by atoms with Gasteiger partial charge in [-0.2, -0.15) is 0 Å². The van der Waals surface area contributed by atoms with Crippen LogP contribution in [0.5, 0.6) is 0 Å². The van der Waals surface area contributed by atoms with E-state index in [1.165, 1.54) is 18.9 Å². The number of hydrogen-bond donors (Lipinski definition) is 2. The minimum absolute atomic E-state index is 0.0385. The number of halogens is 2. The van der Waals surface area contributed by atoms with Gasteiger partial charge in [0.25, 0.3) is 0 Å². The number of amides is 2. The Morgan fingerprint density at radius 2 is 2.05 bits per heavy atom. The van der Waals surface area contributed by atoms with Crippen LogP contribution in [0.25, 0.3) is 0 Å². The smallest absolute Gasteiger partial charge is 0.319 e. The van der Waals surface area contributed by atoms with Crippen molar-refractivity contribution in [2.45, 2.75) is 43.7 Å². The summed E-state index contributed by atoms with van der Waals surface area (Å²) in [7, 11) is 0. The number of carbonyl (C=O) groups excluding carboxylic acids is 1. The number of anilines is 1. The second kappa shape index (κ2) is 5.60. The van der Waals surface area contributed by atoms with Crippen LogP contribution in [0, 0.1) is 11.6 Å². The Hall–Kier alpha value is -1.69. The van der Waals surface area contributed by atoms with E-state index in [9.17, 15) is 13.6 Å². The van der Waals surface area contributed by atoms with E-state index in [-0.39, 0.29) is 17.3 Å². The second-order valence-corrected chi connectivity index (χ2v) is 5.82. The van der Waals surface area contributed by atoms with Gasteiger partial charge in [-0.3, -0.25) is 0 Å². The molecule has 0 aromatic heterocycles. The molecule has 0 unspecified atom stereocenters. The molecular formula is C15H18F2N2O2. The summed E-state index contributed by atoms with van der Waals surface area (Å²) in [5.74, 6) is -1.47. The predicted molar refractivity (Wildman–Crippen MR) is 74.1 cm³/mol. The summed E-state index contributed by atoms with van der Waals surface area (Å²) in [5, 5.41) is 5.18. The van der Waals surface area contributed by atoms with Gasteiger partial charge in [-0.15, -0.1) is 0 Å². The standard InChI is InChI=1S/C15H18F2N2O2/c16-10-3-4-13(12(17)7-10)19-14(20)18-11-8-15(21-9-11)5-1-2-6-15/h3-4,7,11H,1-2,5-6,8-9H2,(H2,18,19,20)/t11-/m0/s1. The number of ether oxygens (including phenoxy) is 1. The highest BCUT2D eigenvalue weighted by atomic mass is 19.1. The van der Waals surface area contributed by atoms with Gasteiger partial charge in [-0.25, -0.2) is 13.6 Å². The molecule has 2 fully saturated rings. The number of benzene rings is 1. The van der Waals surface area contributed by atoms with Crippen LogP contribution in [-0.4, -0.2) is 24.3 Å². The topological polar surface area (TPSA) is 50.4 Å². The lowest BCUT2D eigenvalue weighted by atomic mass is 9.96. The molecule has 1 saturated carbocycles. The van der Waals surface area contributed by atoms with Crippen molar-refractivity contribution in [3.05, 3.63) is 29.8 Å². The summed E-state index contributed by atoms with van der Waals surface area (Å²) < 4.78 is 32.1. The van der Waals surface area contributed by atoms with Gasteiger partial charge in [0, 0.05) is 6.07 Å². The fourth-order valence-electron chi connectivity index (χ4n) is 3.24. The minimum atomic E-state index is -0.792. The van der Waals surface area contributed by atoms with Gasteiger partial charge >= 0.3 is 6.03 Å². The van der Waals surface area contributed by atoms with Crippen molar-refractivity contribution in [1.29, 1.82) is 0 Å². The van der Waals surface area contributed by atoms with Crippen LogP contribution < -0.4 is 10.6 Å². The molecule has 1 spiro atoms. The molecule has 0 bridgehead atoms. The molecule has 1 saturated heterocycles. The molecule has 1 aromatic rings. The van der Waals surface area contributed by atoms with Crippen LogP contribution in [0.1, 0.15) is 32.1 Å². The highest BCUT2D eigenvalue weighted by Gasteiger charge is 2.42. The molecule has 2 N–H and O–H groups in total. The van der Waals surface area contributed by atoms with Crippen LogP contribution >= 0.6 is 0 Å². The molecule has 4 nitrogen and oxygen atoms in total. The molecule has 1 heterocycles. The van der Waals surface area contributed by atoms with E-state index in [1.54, 1.807) is 0 Å². The normalized spacial score (nSPS) is 23.4. The summed E-state index contributed by atoms with van der Waals surface area (Å²) in [5.41, 5.74) is -0.109. The third-order valence-corrected chi connectivity index (χ3v) is 4.24. The van der Waals surface area contributed by atoms with Crippen LogP contribution in [0.15, 0.2) is 18.2 Å². The SMILES string of the molecule is O=C(Nc1ccc(F)cc1F)N[C@@H]1COC2(CCCC2)C1. The molecule has 1 aliphatic carbocycles. The first-order valence-corrected chi connectivity index (χ1v) is 7.23. The molecule has 6 heteroatoms. The van der Waals surface area contributed by atoms with Crippen LogP contribution in [0.3, 0.4) is 0 Å². The van der Waals surface area contributed by atoms with Gasteiger partial charge in [0.2, 0.25) is 0 Å². The maximum atomic E-state index is 13.5. The summed E-state index contributed by atoms with van der Waals surface area (Å²) in [6, 6.07) is 2.48. The number of hydrogen-bond acceptors (Lipinski definition) is 2. The largest absolute Gasteiger partial charge is 0.373 e. The van der Waals surface area contributed by atoms with E-state index in [1.807, 2.05) is 0 Å². The summed E-state index contributed by atoms with van der Waals surface area (Å²) >= 11 is 0. The number of nitrogens with one attached hydrogen (secondary N) is 2. The van der Waals surface area contributed by atoms with Gasteiger partial charge in [-0.1, -0.05) is 12.8 Å². The van der Waals surface area contributed by atoms with Crippen LogP contribution in [0.4, 0.5) is 19.3 Å². The molecule has 1 aliphatic heterocycles. The Morgan fingerprint density at radius 1 is 1.29 bits per heavy atom. The third kappa shape index (κ3) is 3.15. The first-order chi connectivity index (χ1) is 10.1. The van der Waals surface area contributed by atoms with E-state index >= 15 is 0 Å². The fourth-order valence-corrected chi connectivity index (χ4v) is 3.24. The minimum Gasteiger partial charge on any atom is -0.373 e. The van der Waals surface area contributed by atoms with Gasteiger partial charge < -0.3 is 15.4 Å². The van der Waals surface area contributed by atoms with E-state index in [0.717, 1.165) is 31.4 Å². The highest BCUT2D eigenvalue weighted by Crippen LogP contribution is 2.40. The monoisotopic (exact) mass is 296 g/mol. The molecule has 0 radical (unpaired) electrons. The van der Waals surface area contributed by atoms with Crippen molar-refractivity contribution < 1.29 is 18.3 Å². The average Bonchev–Trinajstić information content (AvgIpc) is 3.04. The van der Waals surface area contributed by atoms with Gasteiger partial charge in [0.15, 0.2) is 0 Å². The van der Waals surface area contributed by atoms with Gasteiger partial charge in [-0.05, 0) is 31.4 Å². The zero-order valence-corrected chi connectivity index (χ0v) is 11.6. The summed E-state index contributed by atoms with van der Waals surface area (Å²) in [4.78, 5) is 11.9. The highest BCUT2D eigenvalue weighted by molar-refractivity contribution is 5.89. The van der Waals surface area contributed by atoms with Crippen LogP contribution in [-0.2, 0) is 4.74 Å². The quantitative estimate of drug-likeness (QED) is 0.880. The predicted octanol–water partition coefficient (Wildman–Crippen LogP) is 3.19. The van der Waals surface area contributed by atoms with Crippen molar-refractivity contribution in [2.75, 3.05) is 11.9 Å². The molecule has 3 rings (SSSR count). The Balaban J connectivity index is 1.55. The Bertz CT molecular complexity index is 544. The number of urea groups is 1. The van der Waals surface area contributed by atoms with Gasteiger partial charge in [0.05, 0.1) is 23.9 Å². The zero-order chi connectivity index (χ0) is 14.9. The molecule has 114 valence electrons. The Kier molecular flexibility index (Phi) is 3.80. The van der Waals surface area contributed by atoms with Crippen molar-refractivity contribution in [3.63, 3.8) is 0 Å². The summed E-state index contributed by atoms with van der Waals surface area (Å²) in [6.45, 7) is 0.485. The fraction of sp³-hybridized carbons (Fsp3) is 0.533. The first kappa shape index (κ1) is 14.3. The van der Waals surface area contributed by atoms with Crippen molar-refractivity contribution in [2.24, 2.45) is 0 Å². The van der Waals surface area contributed by atoms with Gasteiger partial charge in [0.1, 0.15) is 11.6 Å². The maximum Gasteiger partial charge on any atom is 0.319 e. The average molecular weight is 296 g/mol. The first-order valence-electron chi connectivity index (χ1n) is 7.23. The second-order valence-electron chi connectivity index (χ2n) is 5.82. The van der Waals surface area contributed by atoms with E-state index in [2.05, 4.69) is 10.6 Å². The molecular weight excluding hydrogens is 278 g/mol. The molecule has 2 amide bonds. The Morgan fingerprint density at radius 3 is 2.76 bits per heavy atom. The van der Waals surface area contributed by atoms with Crippen molar-refractivity contribution in [1.82, 2.24) is 5.32 Å². The molecule has 2 aliphatic rings. The lowest BCUT2D eigenvalue weighted by molar-refractivity contribution is 0.00998. The Labute approximate surface area is 121 Å². The van der Waals surface area contributed by atoms with Crippen molar-refractivity contribution in [3.8, 4) is 0 Å². The molecule has 1 aromatic carbocycles. The van der Waals surface area contributed by atoms with E-state index in [0.29, 0.717) is 6.61 Å². The maximum absolute atomic E-state index is 13.5. The molecule has 1 atom stereocenters. The zero-order valence-electron chi connectivity index (χ0n) is 11.6. The van der Waals surface area contributed by atoms with E-state index in [4.69, 9.17) is 4.74 Å². The number of carbonyl (C=O) groups is 1. The van der Waals surface area contributed by atoms with Crippen molar-refractivity contribution >= 4 is 11.7 Å². The third-order valence-electron chi connectivity index (χ3n) is 4.24. The lowest BCUT2D eigenvalue weighted by Gasteiger charge is -2.21. The molecule has 21 heavy (non-hydrogen) atoms. The van der Waals surface area contributed by atoms with E-state index < -0.39 is 17.7 Å². The lowest BCUT2D eigenvalue weighted by Crippen LogP contribution is -2.39. The number of rotatable bonds is 2. The van der Waals surface area contributed by atoms with Crippen LogP contribution in [0.2, 0.25) is 0 Å². The summed E-state index contributed by atoms with van der Waals surface area (Å²) in [6.07, 6.45) is 5.21.